The number of nitrogens with zero attached hydrogens (tertiary/aromatic N) is 2. The van der Waals surface area contributed by atoms with Crippen LogP contribution in [0.1, 0.15) is 17.9 Å². The van der Waals surface area contributed by atoms with Crippen LogP contribution in [0.3, 0.4) is 0 Å². The minimum atomic E-state index is -0.0288. The Hall–Kier alpha value is -2.05. The molecule has 2 unspecified atom stereocenters. The van der Waals surface area contributed by atoms with Crippen LogP contribution in [0.5, 0.6) is 0 Å². The van der Waals surface area contributed by atoms with Crippen molar-refractivity contribution in [2.45, 2.75) is 12.3 Å². The van der Waals surface area contributed by atoms with Crippen molar-refractivity contribution < 1.29 is 9.59 Å². The van der Waals surface area contributed by atoms with Gasteiger partial charge in [0.05, 0.1) is 6.54 Å². The number of piperazine rings is 1. The number of carbonyl (C=O) groups is 2. The Labute approximate surface area is 184 Å². The van der Waals surface area contributed by atoms with Crippen LogP contribution in [-0.2, 0) is 9.59 Å². The van der Waals surface area contributed by atoms with E-state index in [-0.39, 0.29) is 30.2 Å². The molecule has 4 rings (SSSR count). The molecule has 7 heteroatoms. The number of hydrogen-bond acceptors (Lipinski definition) is 3. The van der Waals surface area contributed by atoms with E-state index in [9.17, 15) is 9.59 Å². The van der Waals surface area contributed by atoms with Crippen LogP contribution >= 0.6 is 27.5 Å². The Balaban J connectivity index is 1.21. The Morgan fingerprint density at radius 2 is 1.79 bits per heavy atom. The van der Waals surface area contributed by atoms with E-state index in [4.69, 9.17) is 11.6 Å². The second kappa shape index (κ2) is 8.76. The molecule has 2 aromatic rings. The molecule has 5 nitrogen and oxygen atoms in total. The van der Waals surface area contributed by atoms with E-state index in [1.165, 1.54) is 5.56 Å². The van der Waals surface area contributed by atoms with Crippen molar-refractivity contribution in [2.75, 3.05) is 37.6 Å². The average Bonchev–Trinajstić information content (AvgIpc) is 3.54. The van der Waals surface area contributed by atoms with Gasteiger partial charge >= 0.3 is 0 Å². The summed E-state index contributed by atoms with van der Waals surface area (Å²) >= 11 is 9.42. The van der Waals surface area contributed by atoms with E-state index in [1.54, 1.807) is 0 Å². The van der Waals surface area contributed by atoms with Crippen LogP contribution < -0.4 is 10.2 Å². The summed E-state index contributed by atoms with van der Waals surface area (Å²) < 4.78 is 1.02. The smallest absolute Gasteiger partial charge is 0.242 e. The van der Waals surface area contributed by atoms with Crippen molar-refractivity contribution in [1.82, 2.24) is 10.2 Å². The van der Waals surface area contributed by atoms with E-state index in [1.807, 2.05) is 47.4 Å². The van der Waals surface area contributed by atoms with Crippen LogP contribution in [0, 0.1) is 5.92 Å². The maximum absolute atomic E-state index is 12.5. The number of benzene rings is 2. The monoisotopic (exact) mass is 475 g/mol. The average molecular weight is 477 g/mol. The van der Waals surface area contributed by atoms with Gasteiger partial charge in [0.1, 0.15) is 0 Å². The fraction of sp³-hybridized carbons (Fsp3) is 0.364. The molecule has 2 aliphatic rings. The molecule has 0 bridgehead atoms. The summed E-state index contributed by atoms with van der Waals surface area (Å²) in [6, 6.07) is 15.8. The molecular formula is C22H23BrClN3O2. The minimum absolute atomic E-state index is 0.0197. The molecular weight excluding hydrogens is 454 g/mol. The maximum Gasteiger partial charge on any atom is 0.242 e. The summed E-state index contributed by atoms with van der Waals surface area (Å²) in [5.74, 6) is 0.182. The van der Waals surface area contributed by atoms with Gasteiger partial charge in [-0.15, -0.1) is 0 Å². The van der Waals surface area contributed by atoms with E-state index >= 15 is 0 Å². The summed E-state index contributed by atoms with van der Waals surface area (Å²) in [6.45, 7) is 2.92. The first kappa shape index (κ1) is 20.2. The third-order valence-electron chi connectivity index (χ3n) is 5.64. The van der Waals surface area contributed by atoms with Gasteiger partial charge in [0.25, 0.3) is 0 Å². The highest BCUT2D eigenvalue weighted by Gasteiger charge is 2.44. The molecule has 1 N–H and O–H groups in total. The third-order valence-corrected chi connectivity index (χ3v) is 6.39. The highest BCUT2D eigenvalue weighted by molar-refractivity contribution is 9.10. The van der Waals surface area contributed by atoms with Crippen molar-refractivity contribution in [3.63, 3.8) is 0 Å². The molecule has 2 amide bonds. The number of hydrogen-bond donors (Lipinski definition) is 1. The molecule has 1 saturated heterocycles. The highest BCUT2D eigenvalue weighted by Crippen LogP contribution is 2.47. The van der Waals surface area contributed by atoms with E-state index < -0.39 is 0 Å². The zero-order valence-corrected chi connectivity index (χ0v) is 18.3. The zero-order valence-electron chi connectivity index (χ0n) is 16.0. The maximum atomic E-state index is 12.5. The van der Waals surface area contributed by atoms with Gasteiger partial charge in [-0.25, -0.2) is 0 Å². The molecule has 2 aromatic carbocycles. The molecule has 0 radical (unpaired) electrons. The topological polar surface area (TPSA) is 52.7 Å². The van der Waals surface area contributed by atoms with Gasteiger partial charge in [0, 0.05) is 47.3 Å². The lowest BCUT2D eigenvalue weighted by Gasteiger charge is -2.36. The number of halogens is 2. The summed E-state index contributed by atoms with van der Waals surface area (Å²) in [6.07, 6.45) is 0.843. The Morgan fingerprint density at radius 3 is 2.48 bits per heavy atom. The summed E-state index contributed by atoms with van der Waals surface area (Å²) in [4.78, 5) is 29.0. The van der Waals surface area contributed by atoms with E-state index in [0.717, 1.165) is 34.7 Å². The van der Waals surface area contributed by atoms with Gasteiger partial charge in [0.2, 0.25) is 11.8 Å². The molecule has 152 valence electrons. The zero-order chi connectivity index (χ0) is 20.4. The van der Waals surface area contributed by atoms with Crippen molar-refractivity contribution in [2.24, 2.45) is 5.92 Å². The molecule has 2 fully saturated rings. The van der Waals surface area contributed by atoms with Crippen LogP contribution in [-0.4, -0.2) is 49.4 Å². The van der Waals surface area contributed by atoms with Crippen molar-refractivity contribution in [3.05, 3.63) is 63.6 Å². The molecule has 2 atom stereocenters. The fourth-order valence-electron chi connectivity index (χ4n) is 3.86. The van der Waals surface area contributed by atoms with Crippen LogP contribution in [0.4, 0.5) is 5.69 Å². The largest absolute Gasteiger partial charge is 0.368 e. The molecule has 1 heterocycles. The van der Waals surface area contributed by atoms with Crippen LogP contribution in [0.2, 0.25) is 5.02 Å². The summed E-state index contributed by atoms with van der Waals surface area (Å²) in [5, 5.41) is 3.55. The summed E-state index contributed by atoms with van der Waals surface area (Å²) in [7, 11) is 0. The van der Waals surface area contributed by atoms with Gasteiger partial charge < -0.3 is 15.1 Å². The molecule has 1 aliphatic carbocycles. The summed E-state index contributed by atoms with van der Waals surface area (Å²) in [5.41, 5.74) is 2.28. The van der Waals surface area contributed by atoms with E-state index in [2.05, 4.69) is 32.2 Å². The quantitative estimate of drug-likeness (QED) is 0.716. The SMILES string of the molecule is O=C(NCC(=O)N1CCN(c2ccc(Cl)cc2)CC1)C1CC1c1cccc(Br)c1. The first-order valence-corrected chi connectivity index (χ1v) is 11.0. The normalized spacial score (nSPS) is 21.0. The Morgan fingerprint density at radius 1 is 1.07 bits per heavy atom. The number of amides is 2. The Bertz CT molecular complexity index is 897. The van der Waals surface area contributed by atoms with Crippen LogP contribution in [0.25, 0.3) is 0 Å². The van der Waals surface area contributed by atoms with E-state index in [0.29, 0.717) is 13.1 Å². The van der Waals surface area contributed by atoms with Gasteiger partial charge in [0.15, 0.2) is 0 Å². The van der Waals surface area contributed by atoms with Gasteiger partial charge in [-0.1, -0.05) is 39.7 Å². The lowest BCUT2D eigenvalue weighted by atomic mass is 10.1. The third kappa shape index (κ3) is 4.93. The number of rotatable bonds is 5. The lowest BCUT2D eigenvalue weighted by molar-refractivity contribution is -0.133. The first-order valence-electron chi connectivity index (χ1n) is 9.83. The Kier molecular flexibility index (Phi) is 6.11. The highest BCUT2D eigenvalue weighted by atomic mass is 79.9. The van der Waals surface area contributed by atoms with Gasteiger partial charge in [-0.2, -0.15) is 0 Å². The predicted octanol–water partition coefficient (Wildman–Crippen LogP) is 3.67. The molecule has 0 spiro atoms. The number of anilines is 1. The molecule has 1 saturated carbocycles. The van der Waals surface area contributed by atoms with Gasteiger partial charge in [-0.05, 0) is 54.3 Å². The first-order chi connectivity index (χ1) is 14.0. The standard InChI is InChI=1S/C22H23BrClN3O2/c23-16-3-1-2-15(12-16)19-13-20(19)22(29)25-14-21(28)27-10-8-26(9-11-27)18-6-4-17(24)5-7-18/h1-7,12,19-20H,8-11,13-14H2,(H,25,29). The molecule has 1 aliphatic heterocycles. The molecule has 29 heavy (non-hydrogen) atoms. The molecule has 0 aromatic heterocycles. The van der Waals surface area contributed by atoms with Crippen LogP contribution in [0.15, 0.2) is 53.0 Å². The predicted molar refractivity (Wildman–Crippen MR) is 118 cm³/mol. The number of nitrogens with one attached hydrogen (secondary N) is 1. The lowest BCUT2D eigenvalue weighted by Crippen LogP contribution is -2.51. The van der Waals surface area contributed by atoms with Crippen molar-refractivity contribution in [1.29, 1.82) is 0 Å². The van der Waals surface area contributed by atoms with Gasteiger partial charge in [-0.3, -0.25) is 9.59 Å². The second-order valence-electron chi connectivity index (χ2n) is 7.57. The van der Waals surface area contributed by atoms with Crippen molar-refractivity contribution >= 4 is 45.0 Å². The van der Waals surface area contributed by atoms with Crippen molar-refractivity contribution in [3.8, 4) is 0 Å². The minimum Gasteiger partial charge on any atom is -0.368 e. The number of carbonyl (C=O) groups excluding carboxylic acids is 2. The fourth-order valence-corrected chi connectivity index (χ4v) is 4.40. The second-order valence-corrected chi connectivity index (χ2v) is 8.92.